The molecule has 0 spiro atoms. The van der Waals surface area contributed by atoms with Crippen LogP contribution in [0.1, 0.15) is 17.0 Å². The summed E-state index contributed by atoms with van der Waals surface area (Å²) in [6.07, 6.45) is 1.54. The Morgan fingerprint density at radius 3 is 2.37 bits per heavy atom. The van der Waals surface area contributed by atoms with Gasteiger partial charge >= 0.3 is 0 Å². The van der Waals surface area contributed by atoms with Crippen molar-refractivity contribution >= 4 is 42.9 Å². The van der Waals surface area contributed by atoms with Crippen molar-refractivity contribution < 1.29 is 8.42 Å². The fraction of sp³-hybridized carbons (Fsp3) is 0.0870. The van der Waals surface area contributed by atoms with Crippen LogP contribution >= 0.6 is 15.9 Å². The van der Waals surface area contributed by atoms with Gasteiger partial charge in [0.05, 0.1) is 11.1 Å². The molecule has 4 rings (SSSR count). The van der Waals surface area contributed by atoms with Gasteiger partial charge in [-0.3, -0.25) is 0 Å². The molecule has 0 radical (unpaired) electrons. The Balaban J connectivity index is 1.58. The van der Waals surface area contributed by atoms with E-state index in [1.165, 1.54) is 6.21 Å². The number of hydrazone groups is 1. The molecule has 0 bridgehead atoms. The average Bonchev–Trinajstić information content (AvgIpc) is 3.01. The van der Waals surface area contributed by atoms with Crippen LogP contribution in [0, 0.1) is 13.8 Å². The summed E-state index contributed by atoms with van der Waals surface area (Å²) in [7, 11) is -3.75. The van der Waals surface area contributed by atoms with Gasteiger partial charge in [-0.2, -0.15) is 13.5 Å². The second kappa shape index (κ2) is 8.08. The minimum atomic E-state index is -3.75. The first-order valence-corrected chi connectivity index (χ1v) is 11.6. The van der Waals surface area contributed by atoms with Gasteiger partial charge in [0.15, 0.2) is 0 Å². The Morgan fingerprint density at radius 2 is 1.63 bits per heavy atom. The quantitative estimate of drug-likeness (QED) is 0.309. The van der Waals surface area contributed by atoms with Crippen molar-refractivity contribution in [1.82, 2.24) is 9.40 Å². The van der Waals surface area contributed by atoms with Crippen LogP contribution in [-0.4, -0.2) is 19.2 Å². The van der Waals surface area contributed by atoms with Crippen molar-refractivity contribution in [3.8, 4) is 5.69 Å². The third kappa shape index (κ3) is 4.04. The highest BCUT2D eigenvalue weighted by Gasteiger charge is 2.14. The van der Waals surface area contributed by atoms with Crippen LogP contribution in [0.5, 0.6) is 0 Å². The first-order valence-electron chi connectivity index (χ1n) is 9.34. The maximum Gasteiger partial charge on any atom is 0.276 e. The lowest BCUT2D eigenvalue weighted by atomic mass is 10.1. The topological polar surface area (TPSA) is 63.5 Å². The zero-order valence-corrected chi connectivity index (χ0v) is 18.9. The third-order valence-corrected chi connectivity index (χ3v) is 6.71. The molecule has 1 heterocycles. The molecule has 7 heteroatoms. The van der Waals surface area contributed by atoms with Crippen molar-refractivity contribution in [2.24, 2.45) is 5.10 Å². The van der Waals surface area contributed by atoms with Gasteiger partial charge in [-0.1, -0.05) is 46.3 Å². The molecule has 5 nitrogen and oxygen atoms in total. The van der Waals surface area contributed by atoms with Crippen molar-refractivity contribution in [2.75, 3.05) is 0 Å². The lowest BCUT2D eigenvalue weighted by Crippen LogP contribution is -2.18. The van der Waals surface area contributed by atoms with E-state index in [0.717, 1.165) is 37.9 Å². The van der Waals surface area contributed by atoms with Crippen molar-refractivity contribution in [2.45, 2.75) is 18.7 Å². The number of rotatable bonds is 5. The maximum atomic E-state index is 12.6. The third-order valence-electron chi connectivity index (χ3n) is 4.96. The molecule has 0 unspecified atom stereocenters. The van der Waals surface area contributed by atoms with Crippen LogP contribution in [0.2, 0.25) is 0 Å². The second-order valence-corrected chi connectivity index (χ2v) is 9.58. The van der Waals surface area contributed by atoms with E-state index in [1.807, 2.05) is 68.4 Å². The van der Waals surface area contributed by atoms with Gasteiger partial charge in [0.25, 0.3) is 10.0 Å². The van der Waals surface area contributed by atoms with E-state index in [-0.39, 0.29) is 4.90 Å². The highest BCUT2D eigenvalue weighted by Crippen LogP contribution is 2.22. The van der Waals surface area contributed by atoms with Crippen LogP contribution in [0.15, 0.2) is 87.3 Å². The smallest absolute Gasteiger partial charge is 0.276 e. The molecule has 0 saturated carbocycles. The van der Waals surface area contributed by atoms with Crippen LogP contribution in [0.3, 0.4) is 0 Å². The summed E-state index contributed by atoms with van der Waals surface area (Å²) in [4.78, 5) is 2.50. The predicted octanol–water partition coefficient (Wildman–Crippen LogP) is 5.32. The fourth-order valence-electron chi connectivity index (χ4n) is 3.46. The lowest BCUT2D eigenvalue weighted by molar-refractivity contribution is 0.585. The number of nitrogens with one attached hydrogen (secondary N) is 1. The molecule has 0 aliphatic rings. The first kappa shape index (κ1) is 20.4. The maximum absolute atomic E-state index is 12.6. The minimum absolute atomic E-state index is 0.179. The fourth-order valence-corrected chi connectivity index (χ4v) is 4.55. The van der Waals surface area contributed by atoms with E-state index in [9.17, 15) is 8.42 Å². The Hall–Kier alpha value is -2.90. The van der Waals surface area contributed by atoms with Crippen molar-refractivity contribution in [1.29, 1.82) is 0 Å². The molecule has 152 valence electrons. The molecule has 0 aliphatic heterocycles. The van der Waals surface area contributed by atoms with Crippen LogP contribution in [0.25, 0.3) is 16.5 Å². The Kier molecular flexibility index (Phi) is 5.49. The van der Waals surface area contributed by atoms with Crippen LogP contribution in [-0.2, 0) is 10.0 Å². The molecular weight excluding hydrogens is 462 g/mol. The molecule has 0 saturated heterocycles. The number of nitrogens with zero attached hydrogens (tertiary/aromatic N) is 2. The normalized spacial score (nSPS) is 12.0. The standard InChI is InChI=1S/C23H20BrN3O2S/c1-16-13-20(17(2)27(16)22-10-8-21(24)9-11-22)15-25-26-30(28,29)23-12-7-18-5-3-4-6-19(18)14-23/h3-15,26H,1-2H3/b25-15-. The zero-order chi connectivity index (χ0) is 21.3. The molecule has 30 heavy (non-hydrogen) atoms. The molecule has 0 aliphatic carbocycles. The number of benzene rings is 3. The second-order valence-electron chi connectivity index (χ2n) is 7.00. The highest BCUT2D eigenvalue weighted by molar-refractivity contribution is 9.10. The molecule has 3 aromatic carbocycles. The predicted molar refractivity (Wildman–Crippen MR) is 125 cm³/mol. The van der Waals surface area contributed by atoms with E-state index in [1.54, 1.807) is 18.2 Å². The molecule has 1 N–H and O–H groups in total. The summed E-state index contributed by atoms with van der Waals surface area (Å²) in [5.41, 5.74) is 3.89. The summed E-state index contributed by atoms with van der Waals surface area (Å²) < 4.78 is 28.4. The highest BCUT2D eigenvalue weighted by atomic mass is 79.9. The summed E-state index contributed by atoms with van der Waals surface area (Å²) in [5, 5.41) is 5.86. The van der Waals surface area contributed by atoms with Gasteiger partial charge in [-0.25, -0.2) is 4.83 Å². The van der Waals surface area contributed by atoms with Crippen LogP contribution < -0.4 is 4.83 Å². The Morgan fingerprint density at radius 1 is 0.933 bits per heavy atom. The van der Waals surface area contributed by atoms with E-state index >= 15 is 0 Å². The number of sulfonamides is 1. The van der Waals surface area contributed by atoms with E-state index in [2.05, 4.69) is 30.4 Å². The Bertz CT molecular complexity index is 1360. The molecule has 0 fully saturated rings. The molecule has 0 amide bonds. The molecule has 4 aromatic rings. The number of hydrogen-bond acceptors (Lipinski definition) is 3. The minimum Gasteiger partial charge on any atom is -0.318 e. The molecule has 1 aromatic heterocycles. The number of halogens is 1. The number of aromatic nitrogens is 1. The summed E-state index contributed by atoms with van der Waals surface area (Å²) >= 11 is 3.45. The number of hydrogen-bond donors (Lipinski definition) is 1. The summed E-state index contributed by atoms with van der Waals surface area (Å²) in [5.74, 6) is 0. The largest absolute Gasteiger partial charge is 0.318 e. The molecule has 0 atom stereocenters. The van der Waals surface area contributed by atoms with Crippen molar-refractivity contribution in [3.63, 3.8) is 0 Å². The Labute approximate surface area is 184 Å². The monoisotopic (exact) mass is 481 g/mol. The van der Waals surface area contributed by atoms with Crippen LogP contribution in [0.4, 0.5) is 0 Å². The van der Waals surface area contributed by atoms with Gasteiger partial charge in [-0.15, -0.1) is 0 Å². The van der Waals surface area contributed by atoms with Gasteiger partial charge in [0, 0.05) is 27.1 Å². The van der Waals surface area contributed by atoms with E-state index in [4.69, 9.17) is 0 Å². The van der Waals surface area contributed by atoms with Gasteiger partial charge in [0.1, 0.15) is 0 Å². The molecular formula is C23H20BrN3O2S. The van der Waals surface area contributed by atoms with Gasteiger partial charge in [-0.05, 0) is 67.1 Å². The average molecular weight is 482 g/mol. The first-order chi connectivity index (χ1) is 14.3. The SMILES string of the molecule is Cc1cc(/C=N\NS(=O)(=O)c2ccc3ccccc3c2)c(C)n1-c1ccc(Br)cc1. The van der Waals surface area contributed by atoms with Gasteiger partial charge < -0.3 is 4.57 Å². The number of fused-ring (bicyclic) bond motifs is 1. The zero-order valence-electron chi connectivity index (χ0n) is 16.5. The summed E-state index contributed by atoms with van der Waals surface area (Å²) in [6.45, 7) is 3.99. The van der Waals surface area contributed by atoms with E-state index < -0.39 is 10.0 Å². The lowest BCUT2D eigenvalue weighted by Gasteiger charge is -2.09. The summed E-state index contributed by atoms with van der Waals surface area (Å²) in [6, 6.07) is 22.6. The van der Waals surface area contributed by atoms with E-state index in [0.29, 0.717) is 0 Å². The van der Waals surface area contributed by atoms with Gasteiger partial charge in [0.2, 0.25) is 0 Å². The van der Waals surface area contributed by atoms with Crippen molar-refractivity contribution in [3.05, 3.63) is 94.2 Å². The number of aryl methyl sites for hydroxylation is 1.